The molecule has 0 radical (unpaired) electrons. The molecule has 3 heteroatoms. The third-order valence-electron chi connectivity index (χ3n) is 3.37. The summed E-state index contributed by atoms with van der Waals surface area (Å²) in [6, 6.07) is 0.749. The Bertz CT molecular complexity index is 184. The van der Waals surface area contributed by atoms with Crippen molar-refractivity contribution in [1.29, 1.82) is 0 Å². The van der Waals surface area contributed by atoms with Gasteiger partial charge in [0, 0.05) is 24.6 Å². The second-order valence-corrected chi connectivity index (χ2v) is 5.79. The summed E-state index contributed by atoms with van der Waals surface area (Å²) in [4.78, 5) is 4.81. The number of likely N-dealkylation sites (tertiary alicyclic amines) is 1. The molecule has 0 saturated carbocycles. The van der Waals surface area contributed by atoms with Crippen LogP contribution in [0.15, 0.2) is 0 Å². The monoisotopic (exact) mass is 214 g/mol. The minimum Gasteiger partial charge on any atom is -0.396 e. The largest absolute Gasteiger partial charge is 0.396 e. The molecular weight excluding hydrogens is 188 g/mol. The molecule has 1 saturated heterocycles. The van der Waals surface area contributed by atoms with Crippen LogP contribution in [0.1, 0.15) is 26.7 Å². The van der Waals surface area contributed by atoms with E-state index in [4.69, 9.17) is 0 Å². The number of piperidine rings is 1. The Labute approximate surface area is 94.1 Å². The Kier molecular flexibility index (Phi) is 4.56. The summed E-state index contributed by atoms with van der Waals surface area (Å²) in [5.74, 6) is 0. The highest BCUT2D eigenvalue weighted by Crippen LogP contribution is 2.20. The van der Waals surface area contributed by atoms with Crippen LogP contribution in [0.25, 0.3) is 0 Å². The molecule has 90 valence electrons. The van der Waals surface area contributed by atoms with Crippen molar-refractivity contribution in [3.8, 4) is 0 Å². The first kappa shape index (κ1) is 12.9. The average Bonchev–Trinajstić information content (AvgIpc) is 2.18. The summed E-state index contributed by atoms with van der Waals surface area (Å²) in [6.07, 6.45) is 2.52. The van der Waals surface area contributed by atoms with Gasteiger partial charge in [-0.2, -0.15) is 0 Å². The Balaban J connectivity index is 2.32. The zero-order chi connectivity index (χ0) is 11.5. The molecule has 0 unspecified atom stereocenters. The average molecular weight is 214 g/mol. The molecule has 1 rings (SSSR count). The molecule has 0 spiro atoms. The van der Waals surface area contributed by atoms with E-state index in [-0.39, 0.29) is 12.0 Å². The maximum atomic E-state index is 9.23. The van der Waals surface area contributed by atoms with Crippen molar-refractivity contribution >= 4 is 0 Å². The second kappa shape index (κ2) is 5.28. The van der Waals surface area contributed by atoms with E-state index in [0.29, 0.717) is 0 Å². The normalized spacial score (nSPS) is 21.2. The first-order valence-electron chi connectivity index (χ1n) is 5.94. The van der Waals surface area contributed by atoms with Crippen LogP contribution in [0.5, 0.6) is 0 Å². The van der Waals surface area contributed by atoms with Crippen LogP contribution in [-0.4, -0.2) is 61.3 Å². The number of aliphatic hydroxyl groups is 1. The maximum Gasteiger partial charge on any atom is 0.0494 e. The van der Waals surface area contributed by atoms with Crippen molar-refractivity contribution in [2.45, 2.75) is 32.7 Å². The van der Waals surface area contributed by atoms with Gasteiger partial charge in [-0.15, -0.1) is 0 Å². The summed E-state index contributed by atoms with van der Waals surface area (Å²) < 4.78 is 0. The predicted octanol–water partition coefficient (Wildman–Crippen LogP) is 1.03. The summed E-state index contributed by atoms with van der Waals surface area (Å²) in [5.41, 5.74) is 0.0466. The van der Waals surface area contributed by atoms with E-state index >= 15 is 0 Å². The van der Waals surface area contributed by atoms with Crippen LogP contribution in [0.3, 0.4) is 0 Å². The van der Waals surface area contributed by atoms with Gasteiger partial charge in [-0.25, -0.2) is 0 Å². The van der Waals surface area contributed by atoms with E-state index in [1.807, 2.05) is 0 Å². The fraction of sp³-hybridized carbons (Fsp3) is 1.00. The molecule has 0 bridgehead atoms. The first-order valence-corrected chi connectivity index (χ1v) is 5.94. The van der Waals surface area contributed by atoms with Crippen molar-refractivity contribution in [2.75, 3.05) is 40.3 Å². The smallest absolute Gasteiger partial charge is 0.0494 e. The van der Waals surface area contributed by atoms with Gasteiger partial charge in [-0.1, -0.05) is 13.8 Å². The van der Waals surface area contributed by atoms with E-state index in [2.05, 4.69) is 37.7 Å². The SMILES string of the molecule is CN(C)C1CCN(CC(C)(C)CO)CC1. The van der Waals surface area contributed by atoms with Crippen LogP contribution in [-0.2, 0) is 0 Å². The molecule has 0 aromatic rings. The van der Waals surface area contributed by atoms with E-state index in [0.717, 1.165) is 12.6 Å². The summed E-state index contributed by atoms with van der Waals surface area (Å²) in [6.45, 7) is 7.90. The van der Waals surface area contributed by atoms with Gasteiger partial charge in [0.15, 0.2) is 0 Å². The number of aliphatic hydroxyl groups excluding tert-OH is 1. The van der Waals surface area contributed by atoms with Crippen molar-refractivity contribution in [3.05, 3.63) is 0 Å². The van der Waals surface area contributed by atoms with Gasteiger partial charge in [0.1, 0.15) is 0 Å². The Morgan fingerprint density at radius 2 is 1.80 bits per heavy atom. The molecule has 1 fully saturated rings. The molecule has 0 aliphatic carbocycles. The molecule has 0 amide bonds. The van der Waals surface area contributed by atoms with Crippen LogP contribution in [0.4, 0.5) is 0 Å². The number of hydrogen-bond donors (Lipinski definition) is 1. The second-order valence-electron chi connectivity index (χ2n) is 5.79. The van der Waals surface area contributed by atoms with Crippen LogP contribution >= 0.6 is 0 Å². The minimum absolute atomic E-state index is 0.0466. The van der Waals surface area contributed by atoms with Crippen LogP contribution < -0.4 is 0 Å². The summed E-state index contributed by atoms with van der Waals surface area (Å²) >= 11 is 0. The molecule has 0 aromatic heterocycles. The maximum absolute atomic E-state index is 9.23. The number of nitrogens with zero attached hydrogens (tertiary/aromatic N) is 2. The topological polar surface area (TPSA) is 26.7 Å². The van der Waals surface area contributed by atoms with Crippen LogP contribution in [0, 0.1) is 5.41 Å². The lowest BCUT2D eigenvalue weighted by molar-refractivity contribution is 0.0731. The Morgan fingerprint density at radius 1 is 1.27 bits per heavy atom. The van der Waals surface area contributed by atoms with Gasteiger partial charge in [0.2, 0.25) is 0 Å². The zero-order valence-corrected chi connectivity index (χ0v) is 10.7. The van der Waals surface area contributed by atoms with Gasteiger partial charge in [-0.3, -0.25) is 0 Å². The molecule has 15 heavy (non-hydrogen) atoms. The molecule has 1 heterocycles. The number of rotatable bonds is 4. The molecule has 0 atom stereocenters. The predicted molar refractivity (Wildman–Crippen MR) is 64.0 cm³/mol. The van der Waals surface area contributed by atoms with Gasteiger partial charge in [-0.05, 0) is 40.0 Å². The Hall–Kier alpha value is -0.120. The summed E-state index contributed by atoms with van der Waals surface area (Å²) in [7, 11) is 4.33. The fourth-order valence-corrected chi connectivity index (χ4v) is 2.25. The lowest BCUT2D eigenvalue weighted by Crippen LogP contribution is -2.45. The highest BCUT2D eigenvalue weighted by molar-refractivity contribution is 4.80. The van der Waals surface area contributed by atoms with Crippen molar-refractivity contribution in [3.63, 3.8) is 0 Å². The standard InChI is InChI=1S/C12H26N2O/c1-12(2,10-15)9-14-7-5-11(6-8-14)13(3)4/h11,15H,5-10H2,1-4H3. The summed E-state index contributed by atoms with van der Waals surface area (Å²) in [5, 5.41) is 9.23. The van der Waals surface area contributed by atoms with Gasteiger partial charge in [0.25, 0.3) is 0 Å². The molecular formula is C12H26N2O. The zero-order valence-electron chi connectivity index (χ0n) is 10.7. The minimum atomic E-state index is 0.0466. The Morgan fingerprint density at radius 3 is 2.20 bits per heavy atom. The van der Waals surface area contributed by atoms with Gasteiger partial charge >= 0.3 is 0 Å². The van der Waals surface area contributed by atoms with E-state index < -0.39 is 0 Å². The molecule has 3 nitrogen and oxygen atoms in total. The van der Waals surface area contributed by atoms with Crippen molar-refractivity contribution < 1.29 is 5.11 Å². The lowest BCUT2D eigenvalue weighted by atomic mass is 9.92. The van der Waals surface area contributed by atoms with E-state index in [9.17, 15) is 5.11 Å². The highest BCUT2D eigenvalue weighted by Gasteiger charge is 2.25. The molecule has 1 N–H and O–H groups in total. The van der Waals surface area contributed by atoms with Crippen molar-refractivity contribution in [2.24, 2.45) is 5.41 Å². The first-order chi connectivity index (χ1) is 6.94. The third kappa shape index (κ3) is 4.09. The van der Waals surface area contributed by atoms with Gasteiger partial charge in [0.05, 0.1) is 0 Å². The van der Waals surface area contributed by atoms with Crippen LogP contribution in [0.2, 0.25) is 0 Å². The fourth-order valence-electron chi connectivity index (χ4n) is 2.25. The third-order valence-corrected chi connectivity index (χ3v) is 3.37. The van der Waals surface area contributed by atoms with E-state index in [1.165, 1.54) is 25.9 Å². The lowest BCUT2D eigenvalue weighted by Gasteiger charge is -2.38. The quantitative estimate of drug-likeness (QED) is 0.757. The highest BCUT2D eigenvalue weighted by atomic mass is 16.3. The molecule has 1 aliphatic heterocycles. The van der Waals surface area contributed by atoms with E-state index in [1.54, 1.807) is 0 Å². The molecule has 1 aliphatic rings. The molecule has 0 aromatic carbocycles. The van der Waals surface area contributed by atoms with Gasteiger partial charge < -0.3 is 14.9 Å². The van der Waals surface area contributed by atoms with Crippen molar-refractivity contribution in [1.82, 2.24) is 9.80 Å². The number of hydrogen-bond acceptors (Lipinski definition) is 3.